The van der Waals surface area contributed by atoms with Crippen molar-refractivity contribution in [3.63, 3.8) is 0 Å². The number of anilines is 1. The van der Waals surface area contributed by atoms with Crippen LogP contribution in [0, 0.1) is 0 Å². The van der Waals surface area contributed by atoms with Crippen LogP contribution in [-0.4, -0.2) is 27.2 Å². The van der Waals surface area contributed by atoms with Crippen molar-refractivity contribution in [1.29, 1.82) is 0 Å². The molecule has 0 amide bonds. The summed E-state index contributed by atoms with van der Waals surface area (Å²) >= 11 is 0. The van der Waals surface area contributed by atoms with E-state index in [1.807, 2.05) is 31.2 Å². The summed E-state index contributed by atoms with van der Waals surface area (Å²) < 4.78 is 11.2. The number of nitrogens with one attached hydrogen (secondary N) is 1. The minimum Gasteiger partial charge on any atom is -0.366 e. The van der Waals surface area contributed by atoms with Crippen molar-refractivity contribution in [3.05, 3.63) is 36.5 Å². The van der Waals surface area contributed by atoms with Gasteiger partial charge in [0.15, 0.2) is 0 Å². The summed E-state index contributed by atoms with van der Waals surface area (Å²) in [5, 5.41) is 5.57. The number of nitrogens with zero attached hydrogens (tertiary/aromatic N) is 1. The van der Waals surface area contributed by atoms with Gasteiger partial charge in [0.05, 0.1) is 0 Å². The molecule has 2 aromatic rings. The van der Waals surface area contributed by atoms with Gasteiger partial charge in [-0.3, -0.25) is 4.21 Å². The number of hydrogen-bond donors (Lipinski definition) is 1. The van der Waals surface area contributed by atoms with E-state index in [1.165, 1.54) is 0 Å². The zero-order valence-electron chi connectivity index (χ0n) is 10.0. The third-order valence-corrected chi connectivity index (χ3v) is 3.51. The van der Waals surface area contributed by atoms with Crippen molar-refractivity contribution in [2.45, 2.75) is 13.0 Å². The third kappa shape index (κ3) is 3.03. The summed E-state index contributed by atoms with van der Waals surface area (Å²) in [7, 11) is -0.793. The van der Waals surface area contributed by atoms with E-state index in [-0.39, 0.29) is 6.04 Å². The van der Waals surface area contributed by atoms with E-state index in [0.29, 0.717) is 5.75 Å². The highest BCUT2D eigenvalue weighted by Gasteiger charge is 2.07. The Morgan fingerprint density at radius 1 is 1.35 bits per heavy atom. The van der Waals surface area contributed by atoms with Crippen LogP contribution < -0.4 is 5.32 Å². The van der Waals surface area contributed by atoms with Gasteiger partial charge in [-0.25, -0.2) is 4.98 Å². The van der Waals surface area contributed by atoms with Crippen LogP contribution in [0.3, 0.4) is 0 Å². The molecule has 0 saturated carbocycles. The van der Waals surface area contributed by atoms with Crippen LogP contribution in [0.1, 0.15) is 6.92 Å². The van der Waals surface area contributed by atoms with Crippen LogP contribution in [0.15, 0.2) is 36.5 Å². The number of benzene rings is 1. The summed E-state index contributed by atoms with van der Waals surface area (Å²) in [4.78, 5) is 4.34. The van der Waals surface area contributed by atoms with Crippen LogP contribution in [0.5, 0.6) is 0 Å². The lowest BCUT2D eigenvalue weighted by atomic mass is 10.1. The van der Waals surface area contributed by atoms with Gasteiger partial charge in [0.2, 0.25) is 0 Å². The molecule has 2 unspecified atom stereocenters. The topological polar surface area (TPSA) is 42.0 Å². The van der Waals surface area contributed by atoms with Crippen LogP contribution in [0.4, 0.5) is 5.82 Å². The molecule has 1 N–H and O–H groups in total. The van der Waals surface area contributed by atoms with Gasteiger partial charge in [0.25, 0.3) is 0 Å². The van der Waals surface area contributed by atoms with E-state index < -0.39 is 10.8 Å². The molecular weight excluding hydrogens is 232 g/mol. The van der Waals surface area contributed by atoms with Crippen LogP contribution >= 0.6 is 0 Å². The molecule has 0 saturated heterocycles. The highest BCUT2D eigenvalue weighted by atomic mass is 32.2. The van der Waals surface area contributed by atoms with Crippen LogP contribution in [-0.2, 0) is 10.8 Å². The lowest BCUT2D eigenvalue weighted by Crippen LogP contribution is -2.22. The molecule has 0 aliphatic rings. The maximum Gasteiger partial charge on any atom is 0.134 e. The molecule has 3 nitrogen and oxygen atoms in total. The zero-order valence-corrected chi connectivity index (χ0v) is 10.8. The summed E-state index contributed by atoms with van der Waals surface area (Å²) in [6, 6.07) is 10.3. The first-order chi connectivity index (χ1) is 8.16. The minimum atomic E-state index is -0.793. The molecule has 2 rings (SSSR count). The summed E-state index contributed by atoms with van der Waals surface area (Å²) in [6.45, 7) is 2.02. The van der Waals surface area contributed by atoms with Gasteiger partial charge in [-0.1, -0.05) is 24.3 Å². The predicted molar refractivity (Wildman–Crippen MR) is 73.8 cm³/mol. The second-order valence-corrected chi connectivity index (χ2v) is 5.65. The van der Waals surface area contributed by atoms with Crippen molar-refractivity contribution >= 4 is 27.4 Å². The second-order valence-electron chi connectivity index (χ2n) is 4.17. The van der Waals surface area contributed by atoms with Gasteiger partial charge in [0.1, 0.15) is 5.82 Å². The molecule has 0 radical (unpaired) electrons. The van der Waals surface area contributed by atoms with E-state index in [1.54, 1.807) is 12.5 Å². The number of aromatic nitrogens is 1. The quantitative estimate of drug-likeness (QED) is 0.903. The van der Waals surface area contributed by atoms with Crippen LogP contribution in [0.25, 0.3) is 10.8 Å². The Balaban J connectivity index is 2.26. The molecule has 4 heteroatoms. The minimum absolute atomic E-state index is 0.152. The van der Waals surface area contributed by atoms with Gasteiger partial charge >= 0.3 is 0 Å². The Morgan fingerprint density at radius 3 is 2.88 bits per heavy atom. The third-order valence-electron chi connectivity index (χ3n) is 2.54. The molecule has 0 spiro atoms. The normalized spacial score (nSPS) is 14.5. The Hall–Kier alpha value is -1.42. The fraction of sp³-hybridized carbons (Fsp3) is 0.308. The number of hydrogen-bond acceptors (Lipinski definition) is 3. The highest BCUT2D eigenvalue weighted by Crippen LogP contribution is 2.20. The van der Waals surface area contributed by atoms with Gasteiger partial charge < -0.3 is 5.32 Å². The average Bonchev–Trinajstić information content (AvgIpc) is 2.28. The first-order valence-electron chi connectivity index (χ1n) is 5.57. The van der Waals surface area contributed by atoms with E-state index in [2.05, 4.69) is 16.4 Å². The standard InChI is InChI=1S/C13H16N2OS/c1-10(9-17(2)16)15-13-12-6-4-3-5-11(12)7-8-14-13/h3-8,10H,9H2,1-2H3,(H,14,15). The van der Waals surface area contributed by atoms with Gasteiger partial charge in [-0.2, -0.15) is 0 Å². The summed E-state index contributed by atoms with van der Waals surface area (Å²) in [5.41, 5.74) is 0. The molecule has 1 aromatic carbocycles. The van der Waals surface area contributed by atoms with E-state index in [0.717, 1.165) is 16.6 Å². The summed E-state index contributed by atoms with van der Waals surface area (Å²) in [5.74, 6) is 1.49. The number of rotatable bonds is 4. The Kier molecular flexibility index (Phi) is 3.74. The van der Waals surface area contributed by atoms with Gasteiger partial charge in [-0.05, 0) is 18.4 Å². The smallest absolute Gasteiger partial charge is 0.134 e. The van der Waals surface area contributed by atoms with Crippen molar-refractivity contribution in [3.8, 4) is 0 Å². The maximum atomic E-state index is 11.2. The molecule has 90 valence electrons. The summed E-state index contributed by atoms with van der Waals surface area (Å²) in [6.07, 6.45) is 3.51. The predicted octanol–water partition coefficient (Wildman–Crippen LogP) is 2.41. The molecule has 17 heavy (non-hydrogen) atoms. The van der Waals surface area contributed by atoms with Crippen LogP contribution in [0.2, 0.25) is 0 Å². The van der Waals surface area contributed by atoms with Gasteiger partial charge in [-0.15, -0.1) is 0 Å². The van der Waals surface area contributed by atoms with Crippen molar-refractivity contribution in [2.24, 2.45) is 0 Å². The zero-order chi connectivity index (χ0) is 12.3. The van der Waals surface area contributed by atoms with Crippen molar-refractivity contribution in [1.82, 2.24) is 4.98 Å². The fourth-order valence-electron chi connectivity index (χ4n) is 1.86. The first kappa shape index (κ1) is 12.0. The SMILES string of the molecule is CC(CS(C)=O)Nc1nccc2ccccc12. The molecule has 0 aliphatic heterocycles. The first-order valence-corrected chi connectivity index (χ1v) is 7.30. The van der Waals surface area contributed by atoms with Gasteiger partial charge in [0, 0.05) is 40.4 Å². The number of fused-ring (bicyclic) bond motifs is 1. The highest BCUT2D eigenvalue weighted by molar-refractivity contribution is 7.84. The fourth-order valence-corrected chi connectivity index (χ4v) is 2.65. The van der Waals surface area contributed by atoms with E-state index in [9.17, 15) is 4.21 Å². The lowest BCUT2D eigenvalue weighted by Gasteiger charge is -2.14. The Labute approximate surface area is 104 Å². The van der Waals surface area contributed by atoms with E-state index >= 15 is 0 Å². The Bertz CT molecular complexity index is 536. The molecule has 1 heterocycles. The molecule has 0 aliphatic carbocycles. The monoisotopic (exact) mass is 248 g/mol. The molecule has 0 fully saturated rings. The molecule has 2 atom stereocenters. The molecular formula is C13H16N2OS. The second kappa shape index (κ2) is 5.27. The van der Waals surface area contributed by atoms with E-state index in [4.69, 9.17) is 0 Å². The van der Waals surface area contributed by atoms with Crippen molar-refractivity contribution in [2.75, 3.05) is 17.3 Å². The maximum absolute atomic E-state index is 11.2. The number of pyridine rings is 1. The lowest BCUT2D eigenvalue weighted by molar-refractivity contribution is 0.683. The largest absolute Gasteiger partial charge is 0.366 e. The Morgan fingerprint density at radius 2 is 2.12 bits per heavy atom. The molecule has 1 aromatic heterocycles. The average molecular weight is 248 g/mol. The molecule has 0 bridgehead atoms. The van der Waals surface area contributed by atoms with Crippen molar-refractivity contribution < 1.29 is 4.21 Å².